The quantitative estimate of drug-likeness (QED) is 0.372. The van der Waals surface area contributed by atoms with E-state index in [2.05, 4.69) is 83.0 Å². The van der Waals surface area contributed by atoms with E-state index in [0.29, 0.717) is 0 Å². The van der Waals surface area contributed by atoms with Crippen molar-refractivity contribution in [3.63, 3.8) is 0 Å². The summed E-state index contributed by atoms with van der Waals surface area (Å²) in [5.41, 5.74) is 4.10. The Balaban J connectivity index is 1.49. The number of hydrogen-bond donors (Lipinski definition) is 0. The third-order valence-electron chi connectivity index (χ3n) is 4.00. The normalized spacial score (nSPS) is 11.6. The Morgan fingerprint density at radius 1 is 0.741 bits per heavy atom. The topological polar surface area (TPSA) is 25.8 Å². The van der Waals surface area contributed by atoms with Crippen LogP contribution in [0.3, 0.4) is 0 Å². The summed E-state index contributed by atoms with van der Waals surface area (Å²) < 4.78 is 0. The number of thiophene rings is 2. The van der Waals surface area contributed by atoms with Crippen molar-refractivity contribution >= 4 is 47.0 Å². The van der Waals surface area contributed by atoms with Crippen molar-refractivity contribution in [1.82, 2.24) is 9.97 Å². The van der Waals surface area contributed by atoms with E-state index in [1.165, 1.54) is 20.2 Å². The van der Waals surface area contributed by atoms with Crippen LogP contribution < -0.4 is 0 Å². The van der Waals surface area contributed by atoms with E-state index in [9.17, 15) is 0 Å². The van der Waals surface area contributed by atoms with Gasteiger partial charge in [-0.2, -0.15) is 0 Å². The Morgan fingerprint density at radius 3 is 2.19 bits per heavy atom. The van der Waals surface area contributed by atoms with Crippen molar-refractivity contribution in [2.75, 3.05) is 0 Å². The highest BCUT2D eigenvalue weighted by atomic mass is 32.1. The third-order valence-corrected chi connectivity index (χ3v) is 5.86. The van der Waals surface area contributed by atoms with Gasteiger partial charge in [-0.15, -0.1) is 22.7 Å². The van der Waals surface area contributed by atoms with Crippen LogP contribution in [-0.2, 0) is 0 Å². The van der Waals surface area contributed by atoms with Crippen molar-refractivity contribution < 1.29 is 0 Å². The molecule has 0 spiro atoms. The summed E-state index contributed by atoms with van der Waals surface area (Å²) in [4.78, 5) is 12.6. The fraction of sp³-hybridized carbons (Fsp3) is 0.0435. The lowest BCUT2D eigenvalue weighted by atomic mass is 10.1. The molecule has 0 unspecified atom stereocenters. The molecule has 132 valence electrons. The largest absolute Gasteiger partial charge is 0.255 e. The zero-order chi connectivity index (χ0) is 18.5. The van der Waals surface area contributed by atoms with Crippen LogP contribution >= 0.6 is 22.7 Å². The molecule has 2 nitrogen and oxygen atoms in total. The predicted molar refractivity (Wildman–Crippen MR) is 119 cm³/mol. The van der Waals surface area contributed by atoms with Gasteiger partial charge in [-0.25, -0.2) is 0 Å². The predicted octanol–water partition coefficient (Wildman–Crippen LogP) is 6.92. The van der Waals surface area contributed by atoms with Crippen LogP contribution in [0, 0.1) is 6.92 Å². The summed E-state index contributed by atoms with van der Waals surface area (Å²) in [5, 5.41) is 2.09. The van der Waals surface area contributed by atoms with Gasteiger partial charge in [-0.1, -0.05) is 12.1 Å². The highest BCUT2D eigenvalue weighted by Crippen LogP contribution is 2.23. The average Bonchev–Trinajstić information content (AvgIpc) is 3.37. The molecule has 4 rings (SSSR count). The molecule has 0 fully saturated rings. The second kappa shape index (κ2) is 8.25. The lowest BCUT2D eigenvalue weighted by Crippen LogP contribution is -1.88. The minimum atomic E-state index is 0.895. The first-order chi connectivity index (χ1) is 13.3. The van der Waals surface area contributed by atoms with Crippen molar-refractivity contribution in [2.24, 2.45) is 0 Å². The van der Waals surface area contributed by atoms with Gasteiger partial charge < -0.3 is 0 Å². The van der Waals surface area contributed by atoms with Crippen molar-refractivity contribution in [2.45, 2.75) is 6.92 Å². The fourth-order valence-corrected chi connectivity index (χ4v) is 4.08. The van der Waals surface area contributed by atoms with Crippen molar-refractivity contribution in [3.8, 4) is 11.4 Å². The maximum absolute atomic E-state index is 4.46. The molecule has 0 aliphatic carbocycles. The van der Waals surface area contributed by atoms with Gasteiger partial charge in [0.1, 0.15) is 0 Å². The molecular weight excluding hydrogens is 368 g/mol. The molecule has 0 aliphatic heterocycles. The highest BCUT2D eigenvalue weighted by molar-refractivity contribution is 7.14. The summed E-state index contributed by atoms with van der Waals surface area (Å²) >= 11 is 3.53. The van der Waals surface area contributed by atoms with Crippen molar-refractivity contribution in [1.29, 1.82) is 0 Å². The van der Waals surface area contributed by atoms with E-state index in [1.54, 1.807) is 22.7 Å². The summed E-state index contributed by atoms with van der Waals surface area (Å²) in [6, 6.07) is 16.6. The van der Waals surface area contributed by atoms with Gasteiger partial charge in [0.15, 0.2) is 0 Å². The van der Waals surface area contributed by atoms with Crippen LogP contribution in [0.1, 0.15) is 25.8 Å². The molecule has 0 aliphatic rings. The molecule has 4 heterocycles. The zero-order valence-electron chi connectivity index (χ0n) is 14.9. The molecule has 0 saturated heterocycles. The Kier molecular flexibility index (Phi) is 5.37. The Bertz CT molecular complexity index is 1090. The molecule has 4 aromatic rings. The van der Waals surface area contributed by atoms with Gasteiger partial charge in [0, 0.05) is 27.0 Å². The average molecular weight is 387 g/mol. The fourth-order valence-electron chi connectivity index (χ4n) is 2.64. The van der Waals surface area contributed by atoms with Crippen LogP contribution in [0.25, 0.3) is 35.7 Å². The minimum Gasteiger partial charge on any atom is -0.255 e. The van der Waals surface area contributed by atoms with Crippen LogP contribution in [0.4, 0.5) is 0 Å². The molecule has 0 radical (unpaired) electrons. The van der Waals surface area contributed by atoms with E-state index < -0.39 is 0 Å². The molecule has 0 atom stereocenters. The molecule has 0 aromatic carbocycles. The maximum atomic E-state index is 4.46. The molecular formula is C23H18N2S2. The number of aryl methyl sites for hydroxylation is 1. The van der Waals surface area contributed by atoms with Gasteiger partial charge in [0.25, 0.3) is 0 Å². The third kappa shape index (κ3) is 4.67. The van der Waals surface area contributed by atoms with Gasteiger partial charge in [-0.3, -0.25) is 9.97 Å². The SMILES string of the molecule is Cc1ccnc(-c2cc(/C=C/c3ccc(/C=C/c4cccs4)s3)ccn2)c1. The lowest BCUT2D eigenvalue weighted by molar-refractivity contribution is 1.23. The van der Waals surface area contributed by atoms with E-state index in [0.717, 1.165) is 17.0 Å². The monoisotopic (exact) mass is 386 g/mol. The summed E-state index contributed by atoms with van der Waals surface area (Å²) in [6.07, 6.45) is 12.3. The number of hydrogen-bond acceptors (Lipinski definition) is 4. The number of pyridine rings is 2. The highest BCUT2D eigenvalue weighted by Gasteiger charge is 2.02. The van der Waals surface area contributed by atoms with Crippen LogP contribution in [0.15, 0.2) is 66.3 Å². The van der Waals surface area contributed by atoms with Crippen molar-refractivity contribution in [3.05, 3.63) is 92.1 Å². The summed E-state index contributed by atoms with van der Waals surface area (Å²) in [6.45, 7) is 2.07. The summed E-state index contributed by atoms with van der Waals surface area (Å²) in [5.74, 6) is 0. The number of aromatic nitrogens is 2. The minimum absolute atomic E-state index is 0.895. The molecule has 0 saturated carbocycles. The second-order valence-corrected chi connectivity index (χ2v) is 8.24. The van der Waals surface area contributed by atoms with Gasteiger partial charge in [-0.05, 0) is 84.1 Å². The molecule has 0 amide bonds. The molecule has 4 aromatic heterocycles. The van der Waals surface area contributed by atoms with E-state index >= 15 is 0 Å². The Morgan fingerprint density at radius 2 is 1.44 bits per heavy atom. The van der Waals surface area contributed by atoms with E-state index in [-0.39, 0.29) is 0 Å². The van der Waals surface area contributed by atoms with E-state index in [1.807, 2.05) is 24.5 Å². The Labute approximate surface area is 167 Å². The van der Waals surface area contributed by atoms with Crippen LogP contribution in [0.5, 0.6) is 0 Å². The standard InChI is InChI=1S/C23H18N2S2/c1-17-10-12-24-22(15-17)23-16-18(11-13-25-23)4-5-20-8-9-21(27-20)7-6-19-3-2-14-26-19/h2-16H,1H3/b5-4+,7-6+. The molecule has 4 heteroatoms. The molecule has 0 N–H and O–H groups in total. The van der Waals surface area contributed by atoms with Gasteiger partial charge in [0.05, 0.1) is 11.4 Å². The molecule has 0 bridgehead atoms. The first kappa shape index (κ1) is 17.6. The molecule has 27 heavy (non-hydrogen) atoms. The van der Waals surface area contributed by atoms with E-state index in [4.69, 9.17) is 0 Å². The number of rotatable bonds is 5. The second-order valence-electron chi connectivity index (χ2n) is 6.12. The first-order valence-electron chi connectivity index (χ1n) is 8.65. The van der Waals surface area contributed by atoms with Crippen LogP contribution in [0.2, 0.25) is 0 Å². The van der Waals surface area contributed by atoms with Gasteiger partial charge >= 0.3 is 0 Å². The lowest BCUT2D eigenvalue weighted by Gasteiger charge is -2.02. The Hall–Kier alpha value is -2.82. The first-order valence-corrected chi connectivity index (χ1v) is 10.3. The van der Waals surface area contributed by atoms with Crippen LogP contribution in [-0.4, -0.2) is 9.97 Å². The smallest absolute Gasteiger partial charge is 0.0892 e. The maximum Gasteiger partial charge on any atom is 0.0892 e. The summed E-state index contributed by atoms with van der Waals surface area (Å²) in [7, 11) is 0. The zero-order valence-corrected chi connectivity index (χ0v) is 16.5. The van der Waals surface area contributed by atoms with Gasteiger partial charge in [0.2, 0.25) is 0 Å². The number of nitrogens with zero attached hydrogens (tertiary/aromatic N) is 2.